The third kappa shape index (κ3) is 14.3. The minimum Gasteiger partial charge on any atom is -0.481 e. The first-order chi connectivity index (χ1) is 25.2. The van der Waals surface area contributed by atoms with Gasteiger partial charge in [0.15, 0.2) is 0 Å². The summed E-state index contributed by atoms with van der Waals surface area (Å²) in [4.78, 5) is 46.7. The molecule has 0 saturated carbocycles. The number of hydrogen-bond donors (Lipinski definition) is 4. The molecule has 0 spiro atoms. The van der Waals surface area contributed by atoms with E-state index >= 15 is 0 Å². The highest BCUT2D eigenvalue weighted by atomic mass is 16.5. The summed E-state index contributed by atoms with van der Waals surface area (Å²) in [5.41, 5.74) is 11.7. The lowest BCUT2D eigenvalue weighted by atomic mass is 9.88. The Kier molecular flexibility index (Phi) is 16.4. The molecule has 0 saturated heterocycles. The smallest absolute Gasteiger partial charge is 0.309 e. The number of aliphatic carboxylic acids is 2. The first-order valence-electron chi connectivity index (χ1n) is 18.1. The Balaban J connectivity index is 0.000000295. The molecule has 4 atom stereocenters. The van der Waals surface area contributed by atoms with Crippen LogP contribution in [-0.2, 0) is 36.8 Å². The van der Waals surface area contributed by atoms with E-state index in [1.807, 2.05) is 86.6 Å². The zero-order valence-corrected chi connectivity index (χ0v) is 31.5. The van der Waals surface area contributed by atoms with Gasteiger partial charge in [-0.1, -0.05) is 123 Å². The van der Waals surface area contributed by atoms with Crippen LogP contribution in [0.4, 0.5) is 0 Å². The van der Waals surface area contributed by atoms with Crippen molar-refractivity contribution in [3.8, 4) is 22.3 Å². The number of nitrogens with one attached hydrogen (secondary N) is 1. The number of carboxylic acid groups (broad SMARTS) is 2. The summed E-state index contributed by atoms with van der Waals surface area (Å²) in [7, 11) is 0. The summed E-state index contributed by atoms with van der Waals surface area (Å²) in [5.74, 6) is -3.34. The van der Waals surface area contributed by atoms with E-state index in [0.717, 1.165) is 23.1 Å². The molecule has 0 fully saturated rings. The Labute approximate surface area is 313 Å². The first-order valence-corrected chi connectivity index (χ1v) is 18.1. The Hall–Kier alpha value is -5.28. The SMILES string of the molecule is CCOC(=O)[C@H](C)C[C@H](N)Cc1ccc(-c2ccccc2)cc1.C[C@H](C[C@@H](Cc1ccc(-c2ccccc2)cc1)NC(=O)CC(C)(C)C(=O)O)C(=O)O. The van der Waals surface area contributed by atoms with Gasteiger partial charge in [0, 0.05) is 18.5 Å². The molecule has 4 rings (SSSR count). The average Bonchev–Trinajstić information content (AvgIpc) is 3.13. The van der Waals surface area contributed by atoms with Crippen LogP contribution in [0.1, 0.15) is 65.0 Å². The van der Waals surface area contributed by atoms with Crippen molar-refractivity contribution in [1.29, 1.82) is 0 Å². The normalized spacial score (nSPS) is 13.3. The Bertz CT molecular complexity index is 1740. The molecule has 0 aliphatic rings. The topological polar surface area (TPSA) is 156 Å². The average molecular weight is 723 g/mol. The van der Waals surface area contributed by atoms with Gasteiger partial charge in [0.05, 0.1) is 23.9 Å². The molecule has 53 heavy (non-hydrogen) atoms. The quantitative estimate of drug-likeness (QED) is 0.0805. The largest absolute Gasteiger partial charge is 0.481 e. The number of hydrogen-bond acceptors (Lipinski definition) is 6. The molecule has 282 valence electrons. The van der Waals surface area contributed by atoms with Gasteiger partial charge in [-0.15, -0.1) is 0 Å². The molecule has 0 aliphatic heterocycles. The number of carbonyl (C=O) groups is 4. The highest BCUT2D eigenvalue weighted by Gasteiger charge is 2.31. The van der Waals surface area contributed by atoms with E-state index < -0.39 is 35.2 Å². The summed E-state index contributed by atoms with van der Waals surface area (Å²) >= 11 is 0. The fourth-order valence-electron chi connectivity index (χ4n) is 5.91. The van der Waals surface area contributed by atoms with E-state index in [1.165, 1.54) is 30.5 Å². The van der Waals surface area contributed by atoms with E-state index in [-0.39, 0.29) is 30.8 Å². The van der Waals surface area contributed by atoms with Gasteiger partial charge in [-0.3, -0.25) is 19.2 Å². The lowest BCUT2D eigenvalue weighted by molar-refractivity contribution is -0.149. The van der Waals surface area contributed by atoms with E-state index in [4.69, 9.17) is 10.5 Å². The zero-order valence-electron chi connectivity index (χ0n) is 31.5. The number of ether oxygens (including phenoxy) is 1. The number of benzene rings is 4. The number of amides is 1. The maximum absolute atomic E-state index is 12.4. The number of carbonyl (C=O) groups excluding carboxylic acids is 2. The van der Waals surface area contributed by atoms with E-state index in [1.54, 1.807) is 6.92 Å². The monoisotopic (exact) mass is 722 g/mol. The van der Waals surface area contributed by atoms with Crippen LogP contribution >= 0.6 is 0 Å². The summed E-state index contributed by atoms with van der Waals surface area (Å²) in [5, 5.41) is 21.3. The lowest BCUT2D eigenvalue weighted by Crippen LogP contribution is -2.41. The van der Waals surface area contributed by atoms with Gasteiger partial charge in [0.2, 0.25) is 5.91 Å². The minimum atomic E-state index is -1.19. The molecule has 4 aromatic carbocycles. The molecule has 4 aromatic rings. The molecule has 0 bridgehead atoms. The van der Waals surface area contributed by atoms with Crippen LogP contribution in [0.5, 0.6) is 0 Å². The molecule has 0 radical (unpaired) electrons. The van der Waals surface area contributed by atoms with E-state index in [0.29, 0.717) is 19.4 Å². The van der Waals surface area contributed by atoms with Crippen molar-refractivity contribution in [2.45, 2.75) is 78.8 Å². The molecule has 1 amide bonds. The standard InChI is InChI=1S/C24H29NO5.C20H25NO2/c1-16(22(27)28)13-20(25-21(26)15-24(2,3)23(29)30)14-17-9-11-19(12-10-17)18-7-5-4-6-8-18;1-3-23-20(22)15(2)13-19(21)14-16-9-11-18(12-10-16)17-7-5-4-6-8-17/h4-12,16,20H,13-15H2,1-3H3,(H,25,26)(H,27,28)(H,29,30);4-12,15,19H,3,13-14,21H2,1-2H3/t16-,20+;15-,19+/m11/s1. The second-order valence-corrected chi connectivity index (χ2v) is 14.3. The predicted octanol–water partition coefficient (Wildman–Crippen LogP) is 7.81. The van der Waals surface area contributed by atoms with Crippen LogP contribution in [0.25, 0.3) is 22.3 Å². The van der Waals surface area contributed by atoms with Gasteiger partial charge in [-0.05, 0) is 79.8 Å². The van der Waals surface area contributed by atoms with E-state index in [9.17, 15) is 29.4 Å². The zero-order chi connectivity index (χ0) is 39.0. The molecular weight excluding hydrogens is 668 g/mol. The molecule has 9 heteroatoms. The van der Waals surface area contributed by atoms with Gasteiger partial charge < -0.3 is 26.0 Å². The van der Waals surface area contributed by atoms with Gasteiger partial charge in [-0.2, -0.15) is 0 Å². The first kappa shape index (κ1) is 42.1. The highest BCUT2D eigenvalue weighted by Crippen LogP contribution is 2.23. The van der Waals surface area contributed by atoms with E-state index in [2.05, 4.69) is 41.7 Å². The van der Waals surface area contributed by atoms with Crippen molar-refractivity contribution < 1.29 is 34.1 Å². The van der Waals surface area contributed by atoms with Crippen LogP contribution in [0.3, 0.4) is 0 Å². The maximum atomic E-state index is 12.4. The van der Waals surface area contributed by atoms with Crippen LogP contribution in [0.2, 0.25) is 0 Å². The number of esters is 1. The fourth-order valence-corrected chi connectivity index (χ4v) is 5.91. The Morgan fingerprint density at radius 3 is 1.57 bits per heavy atom. The van der Waals surface area contributed by atoms with Gasteiger partial charge in [0.1, 0.15) is 0 Å². The lowest BCUT2D eigenvalue weighted by Gasteiger charge is -2.24. The van der Waals surface area contributed by atoms with Crippen LogP contribution in [0.15, 0.2) is 109 Å². The van der Waals surface area contributed by atoms with Crippen molar-refractivity contribution in [3.63, 3.8) is 0 Å². The Morgan fingerprint density at radius 2 is 1.13 bits per heavy atom. The minimum absolute atomic E-state index is 0.0445. The van der Waals surface area contributed by atoms with Crippen molar-refractivity contribution in [2.75, 3.05) is 6.61 Å². The molecule has 0 aliphatic carbocycles. The van der Waals surface area contributed by atoms with Crippen molar-refractivity contribution >= 4 is 23.8 Å². The van der Waals surface area contributed by atoms with Crippen LogP contribution in [0, 0.1) is 17.3 Å². The summed E-state index contributed by atoms with van der Waals surface area (Å²) < 4.78 is 5.02. The van der Waals surface area contributed by atoms with Crippen molar-refractivity contribution in [1.82, 2.24) is 5.32 Å². The Morgan fingerprint density at radius 1 is 0.679 bits per heavy atom. The number of rotatable bonds is 17. The van der Waals surface area contributed by atoms with Crippen molar-refractivity contribution in [3.05, 3.63) is 120 Å². The number of carboxylic acids is 2. The van der Waals surface area contributed by atoms with Gasteiger partial charge in [-0.25, -0.2) is 0 Å². The second kappa shape index (κ2) is 20.7. The number of nitrogens with two attached hydrogens (primary N) is 1. The second-order valence-electron chi connectivity index (χ2n) is 14.3. The third-order valence-corrected chi connectivity index (χ3v) is 9.05. The molecular formula is C44H54N2O7. The highest BCUT2D eigenvalue weighted by molar-refractivity contribution is 5.84. The van der Waals surface area contributed by atoms with Crippen molar-refractivity contribution in [2.24, 2.45) is 23.0 Å². The summed E-state index contributed by atoms with van der Waals surface area (Å²) in [6.07, 6.45) is 1.95. The molecule has 0 aromatic heterocycles. The van der Waals surface area contributed by atoms with Crippen LogP contribution in [-0.4, -0.2) is 52.7 Å². The predicted molar refractivity (Wildman–Crippen MR) is 209 cm³/mol. The van der Waals surface area contributed by atoms with Gasteiger partial charge >= 0.3 is 17.9 Å². The van der Waals surface area contributed by atoms with Gasteiger partial charge in [0.25, 0.3) is 0 Å². The molecule has 0 heterocycles. The van der Waals surface area contributed by atoms with Crippen LogP contribution < -0.4 is 11.1 Å². The third-order valence-electron chi connectivity index (χ3n) is 9.05. The summed E-state index contributed by atoms with van der Waals surface area (Å²) in [6.45, 7) is 8.69. The molecule has 9 nitrogen and oxygen atoms in total. The fraction of sp³-hybridized carbons (Fsp3) is 0.364. The molecule has 5 N–H and O–H groups in total. The summed E-state index contributed by atoms with van der Waals surface area (Å²) in [6, 6.07) is 36.2. The maximum Gasteiger partial charge on any atom is 0.309 e. The molecule has 0 unspecified atom stereocenters.